The van der Waals surface area contributed by atoms with Gasteiger partial charge in [-0.15, -0.1) is 0 Å². The lowest BCUT2D eigenvalue weighted by Crippen LogP contribution is -2.05. The first kappa shape index (κ1) is 10.6. The molecule has 0 fully saturated rings. The molecule has 1 atom stereocenters. The van der Waals surface area contributed by atoms with Gasteiger partial charge < -0.3 is 15.5 Å². The summed E-state index contributed by atoms with van der Waals surface area (Å²) in [4.78, 5) is 4.34. The van der Waals surface area contributed by atoms with Gasteiger partial charge in [0.1, 0.15) is 5.52 Å². The molecule has 6 heteroatoms. The van der Waals surface area contributed by atoms with Gasteiger partial charge in [0, 0.05) is 23.5 Å². The molecule has 0 aliphatic rings. The molecule has 1 unspecified atom stereocenters. The molecule has 0 radical (unpaired) electrons. The van der Waals surface area contributed by atoms with Crippen LogP contribution < -0.4 is 11.1 Å². The van der Waals surface area contributed by atoms with E-state index in [0.717, 1.165) is 11.1 Å². The Bertz CT molecular complexity index is 658. The van der Waals surface area contributed by atoms with Crippen molar-refractivity contribution in [2.75, 3.05) is 11.1 Å². The van der Waals surface area contributed by atoms with Gasteiger partial charge in [-0.1, -0.05) is 0 Å². The van der Waals surface area contributed by atoms with E-state index in [2.05, 4.69) is 20.5 Å². The molecule has 1 aromatic carbocycles. The van der Waals surface area contributed by atoms with E-state index in [-0.39, 0.29) is 6.04 Å². The van der Waals surface area contributed by atoms with Crippen LogP contribution in [0.1, 0.15) is 18.5 Å². The van der Waals surface area contributed by atoms with Crippen molar-refractivity contribution in [2.24, 2.45) is 0 Å². The van der Waals surface area contributed by atoms with Gasteiger partial charge >= 0.3 is 0 Å². The van der Waals surface area contributed by atoms with Crippen LogP contribution in [0.3, 0.4) is 0 Å². The molecule has 6 nitrogen and oxygen atoms in total. The van der Waals surface area contributed by atoms with Crippen LogP contribution in [0.5, 0.6) is 0 Å². The Morgan fingerprint density at radius 2 is 2.33 bits per heavy atom. The van der Waals surface area contributed by atoms with Crippen molar-refractivity contribution >= 4 is 22.8 Å². The Morgan fingerprint density at radius 1 is 1.44 bits per heavy atom. The first-order chi connectivity index (χ1) is 8.72. The number of oxazole rings is 1. The van der Waals surface area contributed by atoms with Gasteiger partial charge in [-0.2, -0.15) is 10.1 Å². The van der Waals surface area contributed by atoms with Gasteiger partial charge in [0.25, 0.3) is 6.01 Å². The maximum absolute atomic E-state index is 5.69. The van der Waals surface area contributed by atoms with Gasteiger partial charge in [-0.05, 0) is 19.1 Å². The molecule has 0 aliphatic heterocycles. The van der Waals surface area contributed by atoms with Crippen LogP contribution in [-0.4, -0.2) is 15.2 Å². The second kappa shape index (κ2) is 4.06. The molecule has 3 rings (SSSR count). The largest absolute Gasteiger partial charge is 0.423 e. The van der Waals surface area contributed by atoms with Crippen molar-refractivity contribution in [1.82, 2.24) is 15.2 Å². The first-order valence-electron chi connectivity index (χ1n) is 5.63. The van der Waals surface area contributed by atoms with E-state index in [1.54, 1.807) is 18.3 Å². The predicted octanol–water partition coefficient (Wildman–Crippen LogP) is 2.31. The van der Waals surface area contributed by atoms with Crippen molar-refractivity contribution in [2.45, 2.75) is 13.0 Å². The topological polar surface area (TPSA) is 92.8 Å². The third-order valence-electron chi connectivity index (χ3n) is 2.77. The van der Waals surface area contributed by atoms with Crippen molar-refractivity contribution < 1.29 is 4.42 Å². The highest BCUT2D eigenvalue weighted by Gasteiger charge is 2.11. The van der Waals surface area contributed by atoms with E-state index in [1.807, 2.05) is 19.2 Å². The number of rotatable bonds is 3. The summed E-state index contributed by atoms with van der Waals surface area (Å²) in [5.41, 5.74) is 8.85. The fourth-order valence-electron chi connectivity index (χ4n) is 1.77. The van der Waals surface area contributed by atoms with Crippen LogP contribution in [0.4, 0.5) is 11.7 Å². The zero-order valence-corrected chi connectivity index (χ0v) is 9.84. The van der Waals surface area contributed by atoms with Gasteiger partial charge in [0.05, 0.1) is 12.2 Å². The maximum atomic E-state index is 5.69. The molecule has 0 aliphatic carbocycles. The second-order valence-corrected chi connectivity index (χ2v) is 4.14. The van der Waals surface area contributed by atoms with E-state index >= 15 is 0 Å². The number of benzene rings is 1. The number of fused-ring (bicyclic) bond motifs is 1. The maximum Gasteiger partial charge on any atom is 0.296 e. The molecular formula is C12H13N5O. The number of nitrogens with two attached hydrogens (primary N) is 1. The van der Waals surface area contributed by atoms with Crippen molar-refractivity contribution in [3.8, 4) is 0 Å². The van der Waals surface area contributed by atoms with Crippen LogP contribution in [0.25, 0.3) is 11.1 Å². The minimum absolute atomic E-state index is 0.0640. The smallest absolute Gasteiger partial charge is 0.296 e. The number of H-pyrrole nitrogens is 1. The SMILES string of the molecule is CC(Nc1nc2ccc(N)cc2o1)c1cn[nH]c1. The standard InChI is InChI=1S/C12H13N5O/c1-7(8-5-14-15-6-8)16-12-17-10-3-2-9(13)4-11(10)18-12/h2-7H,13H2,1H3,(H,14,15)(H,16,17). The summed E-state index contributed by atoms with van der Waals surface area (Å²) in [6.07, 6.45) is 3.59. The number of aromatic nitrogens is 3. The van der Waals surface area contributed by atoms with Crippen LogP contribution in [0.15, 0.2) is 35.0 Å². The van der Waals surface area contributed by atoms with E-state index in [4.69, 9.17) is 10.2 Å². The van der Waals surface area contributed by atoms with E-state index in [1.165, 1.54) is 0 Å². The number of hydrogen-bond acceptors (Lipinski definition) is 5. The molecule has 0 spiro atoms. The van der Waals surface area contributed by atoms with Crippen LogP contribution >= 0.6 is 0 Å². The highest BCUT2D eigenvalue weighted by atomic mass is 16.4. The molecule has 3 aromatic rings. The van der Waals surface area contributed by atoms with E-state index < -0.39 is 0 Å². The number of nitrogens with zero attached hydrogens (tertiary/aromatic N) is 2. The first-order valence-corrected chi connectivity index (χ1v) is 5.63. The summed E-state index contributed by atoms with van der Waals surface area (Å²) in [6, 6.07) is 5.94. The van der Waals surface area contributed by atoms with Gasteiger partial charge in [-0.25, -0.2) is 0 Å². The molecule has 2 aromatic heterocycles. The third kappa shape index (κ3) is 1.88. The van der Waals surface area contributed by atoms with Gasteiger partial charge in [-0.3, -0.25) is 5.10 Å². The minimum atomic E-state index is 0.0640. The Balaban J connectivity index is 1.86. The summed E-state index contributed by atoms with van der Waals surface area (Å²) in [5.74, 6) is 0. The lowest BCUT2D eigenvalue weighted by atomic mass is 10.2. The predicted molar refractivity (Wildman–Crippen MR) is 69.0 cm³/mol. The number of nitrogens with one attached hydrogen (secondary N) is 2. The Labute approximate surface area is 103 Å². The number of anilines is 2. The highest BCUT2D eigenvalue weighted by molar-refractivity contribution is 5.78. The molecule has 18 heavy (non-hydrogen) atoms. The average Bonchev–Trinajstić information content (AvgIpc) is 2.95. The van der Waals surface area contributed by atoms with E-state index in [0.29, 0.717) is 17.3 Å². The fourth-order valence-corrected chi connectivity index (χ4v) is 1.77. The zero-order chi connectivity index (χ0) is 12.5. The molecular weight excluding hydrogens is 230 g/mol. The summed E-state index contributed by atoms with van der Waals surface area (Å²) in [5, 5.41) is 9.85. The fraction of sp³-hybridized carbons (Fsp3) is 0.167. The third-order valence-corrected chi connectivity index (χ3v) is 2.77. The second-order valence-electron chi connectivity index (χ2n) is 4.14. The number of nitrogen functional groups attached to an aromatic ring is 1. The van der Waals surface area contributed by atoms with Crippen LogP contribution in [0.2, 0.25) is 0 Å². The van der Waals surface area contributed by atoms with Gasteiger partial charge in [0.15, 0.2) is 5.58 Å². The lowest BCUT2D eigenvalue weighted by Gasteiger charge is -2.08. The summed E-state index contributed by atoms with van der Waals surface area (Å²) < 4.78 is 5.58. The minimum Gasteiger partial charge on any atom is -0.423 e. The quantitative estimate of drug-likeness (QED) is 0.614. The van der Waals surface area contributed by atoms with Crippen molar-refractivity contribution in [1.29, 1.82) is 0 Å². The van der Waals surface area contributed by atoms with E-state index in [9.17, 15) is 0 Å². The van der Waals surface area contributed by atoms with Crippen LogP contribution in [0, 0.1) is 0 Å². The normalized spacial score (nSPS) is 12.7. The molecule has 92 valence electrons. The molecule has 0 amide bonds. The van der Waals surface area contributed by atoms with Crippen molar-refractivity contribution in [3.05, 3.63) is 36.2 Å². The molecule has 4 N–H and O–H groups in total. The molecule has 0 bridgehead atoms. The average molecular weight is 243 g/mol. The Morgan fingerprint density at radius 3 is 3.11 bits per heavy atom. The molecule has 2 heterocycles. The van der Waals surface area contributed by atoms with Gasteiger partial charge in [0.2, 0.25) is 0 Å². The lowest BCUT2D eigenvalue weighted by molar-refractivity contribution is 0.604. The zero-order valence-electron chi connectivity index (χ0n) is 9.84. The summed E-state index contributed by atoms with van der Waals surface area (Å²) in [6.45, 7) is 2.01. The summed E-state index contributed by atoms with van der Waals surface area (Å²) in [7, 11) is 0. The monoisotopic (exact) mass is 243 g/mol. The van der Waals surface area contributed by atoms with Crippen molar-refractivity contribution in [3.63, 3.8) is 0 Å². The molecule has 0 saturated carbocycles. The Kier molecular flexibility index (Phi) is 2.40. The Hall–Kier alpha value is -2.50. The molecule has 0 saturated heterocycles. The number of aromatic amines is 1. The number of hydrogen-bond donors (Lipinski definition) is 3. The highest BCUT2D eigenvalue weighted by Crippen LogP contribution is 2.24. The summed E-state index contributed by atoms with van der Waals surface area (Å²) >= 11 is 0. The van der Waals surface area contributed by atoms with Crippen LogP contribution in [-0.2, 0) is 0 Å².